The smallest absolute Gasteiger partial charge is 0.307 e. The lowest BCUT2D eigenvalue weighted by Gasteiger charge is -2.13. The number of methoxy groups -OCH3 is 1. The van der Waals surface area contributed by atoms with E-state index in [1.165, 1.54) is 14.0 Å². The van der Waals surface area contributed by atoms with Gasteiger partial charge in [0.15, 0.2) is 5.78 Å². The highest BCUT2D eigenvalue weighted by molar-refractivity contribution is 6.31. The van der Waals surface area contributed by atoms with E-state index in [1.807, 2.05) is 0 Å². The van der Waals surface area contributed by atoms with Gasteiger partial charge in [-0.2, -0.15) is 0 Å². The molecule has 1 rings (SSSR count). The van der Waals surface area contributed by atoms with Crippen LogP contribution < -0.4 is 4.74 Å². The van der Waals surface area contributed by atoms with Crippen LogP contribution in [0.15, 0.2) is 18.2 Å². The second-order valence-electron chi connectivity index (χ2n) is 3.61. The summed E-state index contributed by atoms with van der Waals surface area (Å²) in [6.07, 6.45) is -0.171. The molecule has 0 aliphatic rings. The minimum Gasteiger partial charge on any atom is -0.497 e. The van der Waals surface area contributed by atoms with Gasteiger partial charge in [-0.3, -0.25) is 9.59 Å². The van der Waals surface area contributed by atoms with Crippen LogP contribution in [0.25, 0.3) is 0 Å². The van der Waals surface area contributed by atoms with E-state index in [0.717, 1.165) is 0 Å². The van der Waals surface area contributed by atoms with Crippen molar-refractivity contribution in [3.05, 3.63) is 29.3 Å². The molecule has 0 saturated carbocycles. The molecule has 0 saturated heterocycles. The maximum Gasteiger partial charge on any atom is 0.307 e. The zero-order valence-corrected chi connectivity index (χ0v) is 10.3. The Hall–Kier alpha value is -1.55. The predicted octanol–water partition coefficient (Wildman–Crippen LogP) is 2.19. The quantitative estimate of drug-likeness (QED) is 0.821. The van der Waals surface area contributed by atoms with Gasteiger partial charge >= 0.3 is 5.97 Å². The summed E-state index contributed by atoms with van der Waals surface area (Å²) < 4.78 is 5.03. The van der Waals surface area contributed by atoms with Gasteiger partial charge in [-0.05, 0) is 30.2 Å². The average molecular weight is 257 g/mol. The first-order valence-electron chi connectivity index (χ1n) is 4.98. The molecular weight excluding hydrogens is 244 g/mol. The number of aliphatic carboxylic acids is 1. The lowest BCUT2D eigenvalue weighted by Crippen LogP contribution is -2.09. The molecule has 0 spiro atoms. The largest absolute Gasteiger partial charge is 0.497 e. The molecule has 5 heteroatoms. The molecule has 0 aromatic heterocycles. The van der Waals surface area contributed by atoms with Gasteiger partial charge < -0.3 is 9.84 Å². The minimum atomic E-state index is -0.969. The molecule has 0 aliphatic heterocycles. The summed E-state index contributed by atoms with van der Waals surface area (Å²) in [6, 6.07) is 4.85. The average Bonchev–Trinajstić information content (AvgIpc) is 2.27. The van der Waals surface area contributed by atoms with Crippen LogP contribution in [-0.2, 0) is 16.0 Å². The molecule has 1 aromatic rings. The number of halogens is 1. The van der Waals surface area contributed by atoms with Crippen LogP contribution in [0.1, 0.15) is 23.4 Å². The zero-order chi connectivity index (χ0) is 13.0. The van der Waals surface area contributed by atoms with Gasteiger partial charge in [0.2, 0.25) is 0 Å². The van der Waals surface area contributed by atoms with Gasteiger partial charge in [-0.15, -0.1) is 11.6 Å². The fraction of sp³-hybridized carbons (Fsp3) is 0.333. The van der Waals surface area contributed by atoms with Gasteiger partial charge in [0.05, 0.1) is 13.5 Å². The summed E-state index contributed by atoms with van der Waals surface area (Å²) in [4.78, 5) is 22.0. The van der Waals surface area contributed by atoms with Crippen LogP contribution in [0, 0.1) is 0 Å². The third kappa shape index (κ3) is 3.46. The lowest BCUT2D eigenvalue weighted by molar-refractivity contribution is -0.136. The van der Waals surface area contributed by atoms with Gasteiger partial charge in [-0.1, -0.05) is 6.07 Å². The van der Waals surface area contributed by atoms with Crippen molar-refractivity contribution < 1.29 is 19.4 Å². The standard InChI is InChI=1S/C12H13ClO4/c1-7(14)12(13)10-6-9(17-2)4-3-8(10)5-11(15)16/h3-4,6,12H,5H2,1-2H3,(H,15,16). The maximum atomic E-state index is 11.3. The van der Waals surface area contributed by atoms with Gasteiger partial charge in [0, 0.05) is 0 Å². The Labute approximate surface area is 104 Å². The summed E-state index contributed by atoms with van der Waals surface area (Å²) >= 11 is 5.96. The summed E-state index contributed by atoms with van der Waals surface area (Å²) in [7, 11) is 1.49. The van der Waals surface area contributed by atoms with Gasteiger partial charge in [0.25, 0.3) is 0 Å². The Balaban J connectivity index is 3.20. The number of carbonyl (C=O) groups excluding carboxylic acids is 1. The van der Waals surface area contributed by atoms with Crippen molar-refractivity contribution in [2.45, 2.75) is 18.7 Å². The lowest BCUT2D eigenvalue weighted by atomic mass is 9.99. The van der Waals surface area contributed by atoms with E-state index in [9.17, 15) is 9.59 Å². The highest BCUT2D eigenvalue weighted by atomic mass is 35.5. The molecule has 0 fully saturated rings. The number of hydrogen-bond donors (Lipinski definition) is 1. The molecule has 0 heterocycles. The second kappa shape index (κ2) is 5.68. The first-order chi connectivity index (χ1) is 7.95. The molecule has 1 aromatic carbocycles. The van der Waals surface area contributed by atoms with Crippen molar-refractivity contribution in [3.63, 3.8) is 0 Å². The maximum absolute atomic E-state index is 11.3. The SMILES string of the molecule is COc1ccc(CC(=O)O)c(C(Cl)C(C)=O)c1. The van der Waals surface area contributed by atoms with E-state index in [1.54, 1.807) is 18.2 Å². The predicted molar refractivity (Wildman–Crippen MR) is 63.6 cm³/mol. The Morgan fingerprint density at radius 2 is 2.12 bits per heavy atom. The van der Waals surface area contributed by atoms with E-state index in [0.29, 0.717) is 16.9 Å². The normalized spacial score (nSPS) is 11.9. The Bertz CT molecular complexity index is 442. The molecular formula is C12H13ClO4. The Morgan fingerprint density at radius 3 is 2.59 bits per heavy atom. The highest BCUT2D eigenvalue weighted by Crippen LogP contribution is 2.29. The molecule has 1 atom stereocenters. The van der Waals surface area contributed by atoms with E-state index >= 15 is 0 Å². The second-order valence-corrected chi connectivity index (χ2v) is 4.04. The number of benzene rings is 1. The van der Waals surface area contributed by atoms with Crippen LogP contribution in [0.2, 0.25) is 0 Å². The molecule has 17 heavy (non-hydrogen) atoms. The highest BCUT2D eigenvalue weighted by Gasteiger charge is 2.19. The summed E-state index contributed by atoms with van der Waals surface area (Å²) in [5, 5.41) is 7.93. The first kappa shape index (κ1) is 13.5. The number of rotatable bonds is 5. The van der Waals surface area contributed by atoms with E-state index in [4.69, 9.17) is 21.4 Å². The van der Waals surface area contributed by atoms with Crippen LogP contribution in [0.5, 0.6) is 5.75 Å². The molecule has 4 nitrogen and oxygen atoms in total. The third-order valence-electron chi connectivity index (χ3n) is 2.32. The van der Waals surface area contributed by atoms with Crippen molar-refractivity contribution in [1.82, 2.24) is 0 Å². The summed E-state index contributed by atoms with van der Waals surface area (Å²) in [6.45, 7) is 1.36. The van der Waals surface area contributed by atoms with E-state index < -0.39 is 11.3 Å². The first-order valence-corrected chi connectivity index (χ1v) is 5.42. The molecule has 0 amide bonds. The van der Waals surface area contributed by atoms with Gasteiger partial charge in [0.1, 0.15) is 11.1 Å². The van der Waals surface area contributed by atoms with E-state index in [2.05, 4.69) is 0 Å². The fourth-order valence-corrected chi connectivity index (χ4v) is 1.68. The van der Waals surface area contributed by atoms with Crippen LogP contribution in [0.3, 0.4) is 0 Å². The van der Waals surface area contributed by atoms with Crippen molar-refractivity contribution in [1.29, 1.82) is 0 Å². The van der Waals surface area contributed by atoms with Crippen molar-refractivity contribution in [2.75, 3.05) is 7.11 Å². The number of carbonyl (C=O) groups is 2. The number of hydrogen-bond acceptors (Lipinski definition) is 3. The summed E-state index contributed by atoms with van der Waals surface area (Å²) in [5.74, 6) is -0.656. The number of carboxylic acids is 1. The number of Topliss-reactive ketones (excluding diaryl/α,β-unsaturated/α-hetero) is 1. The zero-order valence-electron chi connectivity index (χ0n) is 9.57. The van der Waals surface area contributed by atoms with Gasteiger partial charge in [-0.25, -0.2) is 0 Å². The molecule has 0 bridgehead atoms. The monoisotopic (exact) mass is 256 g/mol. The number of alkyl halides is 1. The molecule has 92 valence electrons. The van der Waals surface area contributed by atoms with Crippen molar-refractivity contribution in [3.8, 4) is 5.75 Å². The van der Waals surface area contributed by atoms with Crippen molar-refractivity contribution in [2.24, 2.45) is 0 Å². The topological polar surface area (TPSA) is 63.6 Å². The van der Waals surface area contributed by atoms with Crippen LogP contribution in [-0.4, -0.2) is 24.0 Å². The van der Waals surface area contributed by atoms with Crippen LogP contribution >= 0.6 is 11.6 Å². The molecule has 0 radical (unpaired) electrons. The Morgan fingerprint density at radius 1 is 1.47 bits per heavy atom. The molecule has 1 N–H and O–H groups in total. The molecule has 0 aliphatic carbocycles. The fourth-order valence-electron chi connectivity index (χ4n) is 1.48. The number of carboxylic acid groups (broad SMARTS) is 1. The molecule has 1 unspecified atom stereocenters. The minimum absolute atomic E-state index is 0.171. The third-order valence-corrected chi connectivity index (χ3v) is 2.87. The number of ketones is 1. The van der Waals surface area contributed by atoms with E-state index in [-0.39, 0.29) is 12.2 Å². The van der Waals surface area contributed by atoms with Crippen LogP contribution in [0.4, 0.5) is 0 Å². The summed E-state index contributed by atoms with van der Waals surface area (Å²) in [5.41, 5.74) is 1.01. The Kier molecular flexibility index (Phi) is 4.52. The van der Waals surface area contributed by atoms with Crippen molar-refractivity contribution >= 4 is 23.4 Å². The number of ether oxygens (including phenoxy) is 1.